The van der Waals surface area contributed by atoms with Crippen LogP contribution in [0.3, 0.4) is 0 Å². The van der Waals surface area contributed by atoms with Gasteiger partial charge in [-0.05, 0) is 50.4 Å². The molecule has 0 saturated carbocycles. The molecule has 1 unspecified atom stereocenters. The van der Waals surface area contributed by atoms with Gasteiger partial charge in [-0.3, -0.25) is 4.79 Å². The van der Waals surface area contributed by atoms with Gasteiger partial charge >= 0.3 is 0 Å². The van der Waals surface area contributed by atoms with Crippen LogP contribution in [-0.2, 0) is 4.79 Å². The molecule has 1 amide bonds. The molecule has 4 heteroatoms. The van der Waals surface area contributed by atoms with E-state index < -0.39 is 0 Å². The Hall–Kier alpha value is -1.55. The maximum Gasteiger partial charge on any atom is 0.239 e. The van der Waals surface area contributed by atoms with Crippen LogP contribution in [0.25, 0.3) is 0 Å². The number of amides is 1. The van der Waals surface area contributed by atoms with Crippen LogP contribution in [0.15, 0.2) is 18.2 Å². The zero-order valence-electron chi connectivity index (χ0n) is 13.6. The summed E-state index contributed by atoms with van der Waals surface area (Å²) in [5.41, 5.74) is 2.40. The third-order valence-corrected chi connectivity index (χ3v) is 4.75. The fourth-order valence-electron chi connectivity index (χ4n) is 3.32. The zero-order chi connectivity index (χ0) is 15.5. The minimum Gasteiger partial charge on any atom is -0.490 e. The van der Waals surface area contributed by atoms with E-state index in [1.54, 1.807) is 0 Å². The summed E-state index contributed by atoms with van der Waals surface area (Å²) in [5.74, 6) is 1.27. The summed E-state index contributed by atoms with van der Waals surface area (Å²) >= 11 is 0. The molecule has 22 heavy (non-hydrogen) atoms. The fraction of sp³-hybridized carbons (Fsp3) is 0.611. The van der Waals surface area contributed by atoms with E-state index >= 15 is 0 Å². The lowest BCUT2D eigenvalue weighted by Gasteiger charge is -2.34. The quantitative estimate of drug-likeness (QED) is 0.932. The first-order chi connectivity index (χ1) is 10.6. The van der Waals surface area contributed by atoms with Crippen LogP contribution < -0.4 is 10.1 Å². The SMILES string of the molecule is Cc1ccc(C)c(OC2CCN(C(=O)C3CCCN3)CC2)c1. The monoisotopic (exact) mass is 302 g/mol. The summed E-state index contributed by atoms with van der Waals surface area (Å²) in [5, 5.41) is 3.30. The lowest BCUT2D eigenvalue weighted by molar-refractivity contribution is -0.134. The van der Waals surface area contributed by atoms with Crippen molar-refractivity contribution in [2.75, 3.05) is 19.6 Å². The van der Waals surface area contributed by atoms with Crippen molar-refractivity contribution in [3.63, 3.8) is 0 Å². The number of benzene rings is 1. The number of carbonyl (C=O) groups is 1. The second kappa shape index (κ2) is 6.69. The van der Waals surface area contributed by atoms with Crippen LogP contribution in [0, 0.1) is 13.8 Å². The Labute approximate surface area is 132 Å². The van der Waals surface area contributed by atoms with Crippen molar-refractivity contribution in [3.8, 4) is 5.75 Å². The van der Waals surface area contributed by atoms with E-state index in [-0.39, 0.29) is 18.1 Å². The highest BCUT2D eigenvalue weighted by Gasteiger charge is 2.30. The largest absolute Gasteiger partial charge is 0.490 e. The van der Waals surface area contributed by atoms with Gasteiger partial charge in [-0.1, -0.05) is 12.1 Å². The Bertz CT molecular complexity index is 530. The first kappa shape index (κ1) is 15.3. The van der Waals surface area contributed by atoms with Crippen LogP contribution in [0.5, 0.6) is 5.75 Å². The molecule has 0 aliphatic carbocycles. The topological polar surface area (TPSA) is 41.6 Å². The minimum absolute atomic E-state index is 0.0523. The number of aryl methyl sites for hydroxylation is 2. The number of hydrogen-bond acceptors (Lipinski definition) is 3. The van der Waals surface area contributed by atoms with Gasteiger partial charge in [-0.2, -0.15) is 0 Å². The summed E-state index contributed by atoms with van der Waals surface area (Å²) in [6.45, 7) is 6.77. The molecule has 2 fully saturated rings. The van der Waals surface area contributed by atoms with E-state index in [0.717, 1.165) is 51.1 Å². The van der Waals surface area contributed by atoms with Crippen molar-refractivity contribution >= 4 is 5.91 Å². The van der Waals surface area contributed by atoms with Gasteiger partial charge in [0.2, 0.25) is 5.91 Å². The van der Waals surface area contributed by atoms with Gasteiger partial charge < -0.3 is 15.0 Å². The Morgan fingerprint density at radius 1 is 1.23 bits per heavy atom. The molecule has 2 saturated heterocycles. The average Bonchev–Trinajstić information content (AvgIpc) is 3.05. The molecule has 2 aliphatic heterocycles. The summed E-state index contributed by atoms with van der Waals surface area (Å²) in [6.07, 6.45) is 4.17. The number of rotatable bonds is 3. The van der Waals surface area contributed by atoms with Crippen molar-refractivity contribution in [1.29, 1.82) is 0 Å². The number of likely N-dealkylation sites (tertiary alicyclic amines) is 1. The van der Waals surface area contributed by atoms with Gasteiger partial charge in [0.15, 0.2) is 0 Å². The highest BCUT2D eigenvalue weighted by molar-refractivity contribution is 5.82. The lowest BCUT2D eigenvalue weighted by atomic mass is 10.1. The number of carbonyl (C=O) groups excluding carboxylic acids is 1. The van der Waals surface area contributed by atoms with E-state index in [0.29, 0.717) is 0 Å². The van der Waals surface area contributed by atoms with E-state index in [4.69, 9.17) is 4.74 Å². The second-order valence-electron chi connectivity index (χ2n) is 6.56. The summed E-state index contributed by atoms with van der Waals surface area (Å²) in [6, 6.07) is 6.37. The maximum atomic E-state index is 12.4. The van der Waals surface area contributed by atoms with Gasteiger partial charge in [0.05, 0.1) is 6.04 Å². The van der Waals surface area contributed by atoms with E-state index in [9.17, 15) is 4.79 Å². The molecule has 0 bridgehead atoms. The Morgan fingerprint density at radius 2 is 2.00 bits per heavy atom. The molecule has 120 valence electrons. The fourth-order valence-corrected chi connectivity index (χ4v) is 3.32. The Morgan fingerprint density at radius 3 is 2.68 bits per heavy atom. The molecule has 0 spiro atoms. The van der Waals surface area contributed by atoms with Gasteiger partial charge in [0.1, 0.15) is 11.9 Å². The molecule has 0 aromatic heterocycles. The van der Waals surface area contributed by atoms with E-state index in [1.165, 1.54) is 11.1 Å². The van der Waals surface area contributed by atoms with Crippen LogP contribution >= 0.6 is 0 Å². The van der Waals surface area contributed by atoms with Gasteiger partial charge in [-0.15, -0.1) is 0 Å². The van der Waals surface area contributed by atoms with E-state index in [1.807, 2.05) is 4.90 Å². The molecule has 3 rings (SSSR count). The number of hydrogen-bond donors (Lipinski definition) is 1. The third-order valence-electron chi connectivity index (χ3n) is 4.75. The number of piperidine rings is 1. The third kappa shape index (κ3) is 3.43. The second-order valence-corrected chi connectivity index (χ2v) is 6.56. The minimum atomic E-state index is 0.0523. The van der Waals surface area contributed by atoms with Crippen molar-refractivity contribution in [1.82, 2.24) is 10.2 Å². The average molecular weight is 302 g/mol. The van der Waals surface area contributed by atoms with Crippen molar-refractivity contribution in [2.45, 2.75) is 51.7 Å². The van der Waals surface area contributed by atoms with Crippen LogP contribution in [-0.4, -0.2) is 42.6 Å². The molecule has 2 aliphatic rings. The molecule has 1 atom stereocenters. The van der Waals surface area contributed by atoms with E-state index in [2.05, 4.69) is 37.4 Å². The predicted molar refractivity (Wildman–Crippen MR) is 87.2 cm³/mol. The Balaban J connectivity index is 1.53. The molecular weight excluding hydrogens is 276 g/mol. The van der Waals surface area contributed by atoms with Gasteiger partial charge in [0.25, 0.3) is 0 Å². The number of nitrogens with one attached hydrogen (secondary N) is 1. The van der Waals surface area contributed by atoms with Crippen LogP contribution in [0.1, 0.15) is 36.8 Å². The zero-order valence-corrected chi connectivity index (χ0v) is 13.6. The van der Waals surface area contributed by atoms with Crippen molar-refractivity contribution < 1.29 is 9.53 Å². The smallest absolute Gasteiger partial charge is 0.239 e. The molecule has 1 aromatic carbocycles. The summed E-state index contributed by atoms with van der Waals surface area (Å²) in [4.78, 5) is 14.4. The van der Waals surface area contributed by atoms with Crippen LogP contribution in [0.4, 0.5) is 0 Å². The van der Waals surface area contributed by atoms with Crippen LogP contribution in [0.2, 0.25) is 0 Å². The lowest BCUT2D eigenvalue weighted by Crippen LogP contribution is -2.48. The maximum absolute atomic E-state index is 12.4. The predicted octanol–water partition coefficient (Wildman–Crippen LogP) is 2.43. The molecule has 2 heterocycles. The van der Waals surface area contributed by atoms with Gasteiger partial charge in [0, 0.05) is 25.9 Å². The van der Waals surface area contributed by atoms with Gasteiger partial charge in [-0.25, -0.2) is 0 Å². The van der Waals surface area contributed by atoms with Crippen molar-refractivity contribution in [3.05, 3.63) is 29.3 Å². The molecular formula is C18H26N2O2. The molecule has 0 radical (unpaired) electrons. The molecule has 1 N–H and O–H groups in total. The summed E-state index contributed by atoms with van der Waals surface area (Å²) in [7, 11) is 0. The highest BCUT2D eigenvalue weighted by atomic mass is 16.5. The first-order valence-corrected chi connectivity index (χ1v) is 8.39. The van der Waals surface area contributed by atoms with Crippen molar-refractivity contribution in [2.24, 2.45) is 0 Å². The summed E-state index contributed by atoms with van der Waals surface area (Å²) < 4.78 is 6.17. The normalized spacial score (nSPS) is 22.8. The standard InChI is InChI=1S/C18H26N2O2/c1-13-5-6-14(2)17(12-13)22-15-7-10-20(11-8-15)18(21)16-4-3-9-19-16/h5-6,12,15-16,19H,3-4,7-11H2,1-2H3. The Kier molecular flexibility index (Phi) is 4.67. The first-order valence-electron chi connectivity index (χ1n) is 8.39. The highest BCUT2D eigenvalue weighted by Crippen LogP contribution is 2.24. The number of nitrogens with zero attached hydrogens (tertiary/aromatic N) is 1. The number of ether oxygens (including phenoxy) is 1. The molecule has 1 aromatic rings. The molecule has 4 nitrogen and oxygen atoms in total.